The van der Waals surface area contributed by atoms with Crippen molar-refractivity contribution in [3.63, 3.8) is 0 Å². The SMILES string of the molecule is Cc1ccc(Cn2cc(NC(=S)N3CCN(Cc4c(F)cccc4Cl)CC3)cn2)cc1. The molecule has 0 aliphatic carbocycles. The number of benzene rings is 2. The van der Waals surface area contributed by atoms with Gasteiger partial charge in [0.15, 0.2) is 5.11 Å². The van der Waals surface area contributed by atoms with Crippen LogP contribution in [0.2, 0.25) is 5.02 Å². The first-order chi connectivity index (χ1) is 15.0. The standard InChI is InChI=1S/C23H25ClFN5S/c1-17-5-7-18(8-6-17)14-30-15-19(13-26-30)27-23(31)29-11-9-28(10-12-29)16-20-21(24)3-2-4-22(20)25/h2-8,13,15H,9-12,14,16H2,1H3,(H,27,31). The number of thiocarbonyl (C=S) groups is 1. The molecule has 1 aliphatic rings. The van der Waals surface area contributed by atoms with Crippen molar-refractivity contribution in [3.05, 3.63) is 82.4 Å². The van der Waals surface area contributed by atoms with Gasteiger partial charge in [0, 0.05) is 49.5 Å². The Kier molecular flexibility index (Phi) is 6.85. The van der Waals surface area contributed by atoms with Crippen LogP contribution in [0, 0.1) is 12.7 Å². The van der Waals surface area contributed by atoms with E-state index in [2.05, 4.69) is 51.4 Å². The highest BCUT2D eigenvalue weighted by atomic mass is 35.5. The van der Waals surface area contributed by atoms with Gasteiger partial charge in [-0.2, -0.15) is 5.10 Å². The van der Waals surface area contributed by atoms with Gasteiger partial charge in [-0.05, 0) is 36.8 Å². The minimum absolute atomic E-state index is 0.255. The van der Waals surface area contributed by atoms with Crippen molar-refractivity contribution < 1.29 is 4.39 Å². The summed E-state index contributed by atoms with van der Waals surface area (Å²) in [6.45, 7) is 6.43. The molecule has 5 nitrogen and oxygen atoms in total. The van der Waals surface area contributed by atoms with Gasteiger partial charge >= 0.3 is 0 Å². The molecule has 0 spiro atoms. The Bertz CT molecular complexity index is 1020. The van der Waals surface area contributed by atoms with Gasteiger partial charge in [0.25, 0.3) is 0 Å². The lowest BCUT2D eigenvalue weighted by atomic mass is 10.1. The molecule has 162 valence electrons. The van der Waals surface area contributed by atoms with Crippen LogP contribution in [0.1, 0.15) is 16.7 Å². The third-order valence-electron chi connectivity index (χ3n) is 5.45. The molecule has 0 amide bonds. The lowest BCUT2D eigenvalue weighted by molar-refractivity contribution is 0.175. The molecular weight excluding hydrogens is 433 g/mol. The predicted octanol–water partition coefficient (Wildman–Crippen LogP) is 4.55. The van der Waals surface area contributed by atoms with Gasteiger partial charge in [-0.15, -0.1) is 0 Å². The first-order valence-corrected chi connectivity index (χ1v) is 11.1. The zero-order chi connectivity index (χ0) is 21.8. The first kappa shape index (κ1) is 21.7. The minimum atomic E-state index is -0.255. The zero-order valence-corrected chi connectivity index (χ0v) is 19.0. The first-order valence-electron chi connectivity index (χ1n) is 10.3. The molecule has 2 aromatic carbocycles. The molecule has 1 aliphatic heterocycles. The molecular formula is C23H25ClFN5S. The normalized spacial score (nSPS) is 14.6. The monoisotopic (exact) mass is 457 g/mol. The lowest BCUT2D eigenvalue weighted by Crippen LogP contribution is -2.49. The van der Waals surface area contributed by atoms with Crippen LogP contribution in [0.5, 0.6) is 0 Å². The zero-order valence-electron chi connectivity index (χ0n) is 17.4. The van der Waals surface area contributed by atoms with E-state index >= 15 is 0 Å². The molecule has 1 fully saturated rings. The molecule has 1 N–H and O–H groups in total. The van der Waals surface area contributed by atoms with E-state index in [1.54, 1.807) is 18.3 Å². The van der Waals surface area contributed by atoms with E-state index in [4.69, 9.17) is 23.8 Å². The predicted molar refractivity (Wildman–Crippen MR) is 127 cm³/mol. The summed E-state index contributed by atoms with van der Waals surface area (Å²) in [5, 5.41) is 8.86. The van der Waals surface area contributed by atoms with Crippen LogP contribution in [-0.4, -0.2) is 50.9 Å². The maximum absolute atomic E-state index is 14.0. The summed E-state index contributed by atoms with van der Waals surface area (Å²) in [4.78, 5) is 4.33. The van der Waals surface area contributed by atoms with Crippen molar-refractivity contribution in [2.75, 3.05) is 31.5 Å². The molecule has 3 aromatic rings. The van der Waals surface area contributed by atoms with Gasteiger partial charge < -0.3 is 10.2 Å². The third kappa shape index (κ3) is 5.61. The van der Waals surface area contributed by atoms with Crippen molar-refractivity contribution in [2.45, 2.75) is 20.0 Å². The average molecular weight is 458 g/mol. The highest BCUT2D eigenvalue weighted by Crippen LogP contribution is 2.21. The van der Waals surface area contributed by atoms with Crippen molar-refractivity contribution in [3.8, 4) is 0 Å². The number of piperazine rings is 1. The molecule has 1 saturated heterocycles. The maximum Gasteiger partial charge on any atom is 0.173 e. The Labute approximate surface area is 192 Å². The second kappa shape index (κ2) is 9.77. The molecule has 0 atom stereocenters. The van der Waals surface area contributed by atoms with Crippen molar-refractivity contribution in [1.82, 2.24) is 19.6 Å². The Morgan fingerprint density at radius 3 is 2.55 bits per heavy atom. The number of hydrogen-bond acceptors (Lipinski definition) is 3. The summed E-state index contributed by atoms with van der Waals surface area (Å²) >= 11 is 11.8. The average Bonchev–Trinajstić information content (AvgIpc) is 3.19. The molecule has 0 bridgehead atoms. The summed E-state index contributed by atoms with van der Waals surface area (Å²) in [7, 11) is 0. The third-order valence-corrected chi connectivity index (χ3v) is 6.17. The fraction of sp³-hybridized carbons (Fsp3) is 0.304. The van der Waals surface area contributed by atoms with Crippen LogP contribution >= 0.6 is 23.8 Å². The largest absolute Gasteiger partial charge is 0.346 e. The number of nitrogens with one attached hydrogen (secondary N) is 1. The number of aryl methyl sites for hydroxylation is 1. The molecule has 31 heavy (non-hydrogen) atoms. The quantitative estimate of drug-likeness (QED) is 0.569. The van der Waals surface area contributed by atoms with E-state index in [0.29, 0.717) is 28.8 Å². The fourth-order valence-corrected chi connectivity index (χ4v) is 4.14. The number of rotatable bonds is 5. The van der Waals surface area contributed by atoms with Crippen LogP contribution in [0.25, 0.3) is 0 Å². The molecule has 1 aromatic heterocycles. The number of aromatic nitrogens is 2. The molecule has 8 heteroatoms. The second-order valence-corrected chi connectivity index (χ2v) is 8.60. The van der Waals surface area contributed by atoms with Gasteiger partial charge in [-0.25, -0.2) is 4.39 Å². The summed E-state index contributed by atoms with van der Waals surface area (Å²) < 4.78 is 15.9. The van der Waals surface area contributed by atoms with E-state index in [1.807, 2.05) is 10.9 Å². The van der Waals surface area contributed by atoms with Gasteiger partial charge in [-0.3, -0.25) is 9.58 Å². The van der Waals surface area contributed by atoms with Crippen LogP contribution in [0.3, 0.4) is 0 Å². The minimum Gasteiger partial charge on any atom is -0.346 e. The van der Waals surface area contributed by atoms with Gasteiger partial charge in [0.1, 0.15) is 5.82 Å². The van der Waals surface area contributed by atoms with Crippen LogP contribution in [-0.2, 0) is 13.1 Å². The lowest BCUT2D eigenvalue weighted by Gasteiger charge is -2.36. The van der Waals surface area contributed by atoms with Gasteiger partial charge in [0.05, 0.1) is 18.4 Å². The molecule has 0 saturated carbocycles. The van der Waals surface area contributed by atoms with E-state index in [1.165, 1.54) is 17.2 Å². The van der Waals surface area contributed by atoms with Crippen molar-refractivity contribution in [2.24, 2.45) is 0 Å². The molecule has 0 unspecified atom stereocenters. The molecule has 2 heterocycles. The summed E-state index contributed by atoms with van der Waals surface area (Å²) in [6, 6.07) is 13.3. The number of hydrogen-bond donors (Lipinski definition) is 1. The van der Waals surface area contributed by atoms with Crippen LogP contribution in [0.4, 0.5) is 10.1 Å². The smallest absolute Gasteiger partial charge is 0.173 e. The van der Waals surface area contributed by atoms with E-state index in [-0.39, 0.29) is 5.82 Å². The molecule has 4 rings (SSSR count). The number of halogens is 2. The maximum atomic E-state index is 14.0. The highest BCUT2D eigenvalue weighted by molar-refractivity contribution is 7.80. The Balaban J connectivity index is 1.27. The summed E-state index contributed by atoms with van der Waals surface area (Å²) in [6.07, 6.45) is 3.75. The fourth-order valence-electron chi connectivity index (χ4n) is 3.61. The van der Waals surface area contributed by atoms with Gasteiger partial charge in [0.2, 0.25) is 0 Å². The topological polar surface area (TPSA) is 36.3 Å². The van der Waals surface area contributed by atoms with Gasteiger partial charge in [-0.1, -0.05) is 47.5 Å². The van der Waals surface area contributed by atoms with E-state index < -0.39 is 0 Å². The Hall–Kier alpha value is -2.48. The van der Waals surface area contributed by atoms with Crippen molar-refractivity contribution >= 4 is 34.6 Å². The summed E-state index contributed by atoms with van der Waals surface area (Å²) in [5.74, 6) is -0.255. The Morgan fingerprint density at radius 2 is 1.84 bits per heavy atom. The van der Waals surface area contributed by atoms with E-state index in [0.717, 1.165) is 31.9 Å². The number of anilines is 1. The molecule has 0 radical (unpaired) electrons. The second-order valence-electron chi connectivity index (χ2n) is 7.81. The highest BCUT2D eigenvalue weighted by Gasteiger charge is 2.21. The van der Waals surface area contributed by atoms with E-state index in [9.17, 15) is 4.39 Å². The van der Waals surface area contributed by atoms with Crippen LogP contribution in [0.15, 0.2) is 54.9 Å². The Morgan fingerprint density at radius 1 is 1.10 bits per heavy atom. The van der Waals surface area contributed by atoms with Crippen molar-refractivity contribution in [1.29, 1.82) is 0 Å². The summed E-state index contributed by atoms with van der Waals surface area (Å²) in [5.41, 5.74) is 3.87. The van der Waals surface area contributed by atoms with Crippen LogP contribution < -0.4 is 5.32 Å². The number of nitrogens with zero attached hydrogens (tertiary/aromatic N) is 4.